The lowest BCUT2D eigenvalue weighted by atomic mass is 9.90. The van der Waals surface area contributed by atoms with E-state index >= 15 is 0 Å². The first-order valence-corrected chi connectivity index (χ1v) is 5.83. The van der Waals surface area contributed by atoms with E-state index in [4.69, 9.17) is 0 Å². The van der Waals surface area contributed by atoms with Crippen molar-refractivity contribution in [3.05, 3.63) is 52.2 Å². The number of hydrogen-bond donors (Lipinski definition) is 2. The molecule has 16 heavy (non-hydrogen) atoms. The Hall–Kier alpha value is -1.65. The van der Waals surface area contributed by atoms with E-state index in [9.17, 15) is 9.90 Å². The molecule has 1 amide bonds. The normalized spacial score (nSPS) is 22.9. The van der Waals surface area contributed by atoms with Crippen LogP contribution in [-0.4, -0.2) is 11.0 Å². The van der Waals surface area contributed by atoms with Crippen LogP contribution < -0.4 is 5.32 Å². The van der Waals surface area contributed by atoms with Crippen LogP contribution in [0.4, 0.5) is 5.69 Å². The summed E-state index contributed by atoms with van der Waals surface area (Å²) in [6.07, 6.45) is 0. The molecule has 3 nitrogen and oxygen atoms in total. The van der Waals surface area contributed by atoms with E-state index in [2.05, 4.69) is 5.32 Å². The monoisotopic (exact) mass is 231 g/mol. The molecule has 0 saturated carbocycles. The molecule has 1 aliphatic rings. The van der Waals surface area contributed by atoms with Crippen LogP contribution in [0.5, 0.6) is 0 Å². The van der Waals surface area contributed by atoms with Crippen molar-refractivity contribution in [2.75, 3.05) is 5.32 Å². The molecule has 1 unspecified atom stereocenters. The van der Waals surface area contributed by atoms with Gasteiger partial charge >= 0.3 is 0 Å². The number of carbonyl (C=O) groups is 1. The minimum atomic E-state index is -1.53. The summed E-state index contributed by atoms with van der Waals surface area (Å²) in [5, 5.41) is 16.9. The first kappa shape index (κ1) is 9.57. The number of aliphatic hydroxyl groups is 1. The third-order valence-corrected chi connectivity index (χ3v) is 3.52. The molecule has 3 rings (SSSR count). The first-order chi connectivity index (χ1) is 7.73. The molecule has 1 aromatic heterocycles. The second kappa shape index (κ2) is 3.17. The van der Waals surface area contributed by atoms with Gasteiger partial charge in [0.25, 0.3) is 5.91 Å². The molecule has 0 radical (unpaired) electrons. The van der Waals surface area contributed by atoms with E-state index < -0.39 is 5.60 Å². The van der Waals surface area contributed by atoms with Crippen molar-refractivity contribution in [2.24, 2.45) is 0 Å². The van der Waals surface area contributed by atoms with Crippen LogP contribution in [0.2, 0.25) is 0 Å². The standard InChI is InChI=1S/C12H9NO2S/c14-11-12(15,8-5-6-16-7-8)9-3-1-2-4-10(9)13-11/h1-7,15H,(H,13,14). The molecule has 0 spiro atoms. The number of rotatable bonds is 1. The molecule has 2 N–H and O–H groups in total. The Labute approximate surface area is 96.4 Å². The van der Waals surface area contributed by atoms with Gasteiger partial charge < -0.3 is 10.4 Å². The number of anilines is 1. The summed E-state index contributed by atoms with van der Waals surface area (Å²) in [6.45, 7) is 0. The lowest BCUT2D eigenvalue weighted by Gasteiger charge is -2.19. The quantitative estimate of drug-likeness (QED) is 0.788. The number of thiophene rings is 1. The smallest absolute Gasteiger partial charge is 0.265 e. The largest absolute Gasteiger partial charge is 0.372 e. The molecule has 0 aliphatic carbocycles. The highest BCUT2D eigenvalue weighted by Gasteiger charge is 2.46. The van der Waals surface area contributed by atoms with Gasteiger partial charge in [0.15, 0.2) is 5.60 Å². The van der Waals surface area contributed by atoms with Gasteiger partial charge in [-0.2, -0.15) is 11.3 Å². The first-order valence-electron chi connectivity index (χ1n) is 4.89. The summed E-state index contributed by atoms with van der Waals surface area (Å²) >= 11 is 1.46. The molecule has 0 bridgehead atoms. The third kappa shape index (κ3) is 1.08. The maximum absolute atomic E-state index is 11.9. The zero-order valence-electron chi connectivity index (χ0n) is 8.31. The predicted molar refractivity (Wildman–Crippen MR) is 62.4 cm³/mol. The zero-order valence-corrected chi connectivity index (χ0v) is 9.12. The molecule has 80 valence electrons. The molecular formula is C12H9NO2S. The minimum absolute atomic E-state index is 0.382. The number of nitrogens with one attached hydrogen (secondary N) is 1. The van der Waals surface area contributed by atoms with Gasteiger partial charge in [0.1, 0.15) is 0 Å². The second-order valence-corrected chi connectivity index (χ2v) is 4.50. The molecule has 0 fully saturated rings. The Morgan fingerprint density at radius 1 is 1.25 bits per heavy atom. The maximum atomic E-state index is 11.9. The molecule has 1 aromatic carbocycles. The van der Waals surface area contributed by atoms with Gasteiger partial charge in [0.05, 0.1) is 0 Å². The average molecular weight is 231 g/mol. The lowest BCUT2D eigenvalue weighted by Crippen LogP contribution is -2.34. The van der Waals surface area contributed by atoms with Crippen LogP contribution in [0, 0.1) is 0 Å². The zero-order chi connectivity index (χ0) is 11.2. The van der Waals surface area contributed by atoms with Crippen molar-refractivity contribution in [1.29, 1.82) is 0 Å². The number of amides is 1. The Balaban J connectivity index is 2.25. The molecule has 2 aromatic rings. The van der Waals surface area contributed by atoms with E-state index in [0.29, 0.717) is 16.8 Å². The summed E-state index contributed by atoms with van der Waals surface area (Å²) in [7, 11) is 0. The topological polar surface area (TPSA) is 49.3 Å². The summed E-state index contributed by atoms with van der Waals surface area (Å²) in [6, 6.07) is 8.98. The molecule has 1 atom stereocenters. The van der Waals surface area contributed by atoms with Crippen molar-refractivity contribution in [3.63, 3.8) is 0 Å². The van der Waals surface area contributed by atoms with E-state index in [1.807, 2.05) is 17.5 Å². The lowest BCUT2D eigenvalue weighted by molar-refractivity contribution is -0.129. The number of benzene rings is 1. The summed E-state index contributed by atoms with van der Waals surface area (Å²) < 4.78 is 0. The third-order valence-electron chi connectivity index (χ3n) is 2.83. The fraction of sp³-hybridized carbons (Fsp3) is 0.0833. The molecule has 2 heterocycles. The van der Waals surface area contributed by atoms with Gasteiger partial charge in [-0.05, 0) is 22.9 Å². The van der Waals surface area contributed by atoms with Crippen molar-refractivity contribution in [1.82, 2.24) is 0 Å². The Bertz CT molecular complexity index is 550. The Morgan fingerprint density at radius 3 is 2.81 bits per heavy atom. The number of para-hydroxylation sites is 1. The highest BCUT2D eigenvalue weighted by atomic mass is 32.1. The SMILES string of the molecule is O=C1Nc2ccccc2C1(O)c1ccsc1. The highest BCUT2D eigenvalue weighted by molar-refractivity contribution is 7.08. The fourth-order valence-electron chi connectivity index (χ4n) is 2.00. The fourth-order valence-corrected chi connectivity index (χ4v) is 2.70. The van der Waals surface area contributed by atoms with Crippen molar-refractivity contribution in [2.45, 2.75) is 5.60 Å². The van der Waals surface area contributed by atoms with Crippen LogP contribution >= 0.6 is 11.3 Å². The van der Waals surface area contributed by atoms with Gasteiger partial charge in [-0.3, -0.25) is 4.79 Å². The summed E-state index contributed by atoms with van der Waals surface area (Å²) in [4.78, 5) is 11.9. The molecule has 1 aliphatic heterocycles. The number of carbonyl (C=O) groups excluding carboxylic acids is 1. The van der Waals surface area contributed by atoms with E-state index in [-0.39, 0.29) is 5.91 Å². The number of hydrogen-bond acceptors (Lipinski definition) is 3. The van der Waals surface area contributed by atoms with E-state index in [1.165, 1.54) is 11.3 Å². The van der Waals surface area contributed by atoms with E-state index in [0.717, 1.165) is 0 Å². The Morgan fingerprint density at radius 2 is 2.06 bits per heavy atom. The molecule has 0 saturated heterocycles. The van der Waals surface area contributed by atoms with Crippen LogP contribution in [0.3, 0.4) is 0 Å². The van der Waals surface area contributed by atoms with Gasteiger partial charge in [-0.15, -0.1) is 0 Å². The summed E-state index contributed by atoms with van der Waals surface area (Å²) in [5.41, 5.74) is 0.399. The van der Waals surface area contributed by atoms with Crippen molar-refractivity contribution < 1.29 is 9.90 Å². The Kier molecular flexibility index (Phi) is 1.89. The molecular weight excluding hydrogens is 222 g/mol. The second-order valence-electron chi connectivity index (χ2n) is 3.72. The van der Waals surface area contributed by atoms with Crippen LogP contribution in [-0.2, 0) is 10.4 Å². The van der Waals surface area contributed by atoms with E-state index in [1.54, 1.807) is 23.6 Å². The molecule has 4 heteroatoms. The van der Waals surface area contributed by atoms with Gasteiger partial charge in [-0.25, -0.2) is 0 Å². The minimum Gasteiger partial charge on any atom is -0.372 e. The highest BCUT2D eigenvalue weighted by Crippen LogP contribution is 2.41. The van der Waals surface area contributed by atoms with Crippen LogP contribution in [0.25, 0.3) is 0 Å². The van der Waals surface area contributed by atoms with Crippen LogP contribution in [0.15, 0.2) is 41.1 Å². The number of fused-ring (bicyclic) bond motifs is 1. The van der Waals surface area contributed by atoms with Gasteiger partial charge in [0.2, 0.25) is 0 Å². The predicted octanol–water partition coefficient (Wildman–Crippen LogP) is 1.94. The van der Waals surface area contributed by atoms with Gasteiger partial charge in [0, 0.05) is 16.8 Å². The average Bonchev–Trinajstić information content (AvgIpc) is 2.89. The summed E-state index contributed by atoms with van der Waals surface area (Å²) in [5.74, 6) is -0.382. The van der Waals surface area contributed by atoms with Crippen molar-refractivity contribution >= 4 is 22.9 Å². The van der Waals surface area contributed by atoms with Crippen LogP contribution in [0.1, 0.15) is 11.1 Å². The van der Waals surface area contributed by atoms with Gasteiger partial charge in [-0.1, -0.05) is 18.2 Å². The van der Waals surface area contributed by atoms with Crippen molar-refractivity contribution in [3.8, 4) is 0 Å². The maximum Gasteiger partial charge on any atom is 0.265 e.